The molecule has 0 amide bonds. The van der Waals surface area contributed by atoms with Crippen LogP contribution in [0.3, 0.4) is 0 Å². The number of nitrogens with one attached hydrogen (secondary N) is 1. The zero-order valence-corrected chi connectivity index (χ0v) is 21.4. The number of aromatic amines is 1. The highest BCUT2D eigenvalue weighted by Gasteiger charge is 2.48. The maximum absolute atomic E-state index is 12.0. The van der Waals surface area contributed by atoms with Crippen LogP contribution >= 0.6 is 31.1 Å². The minimum Gasteiger partial charge on any atom is -0.481 e. The number of carboxylic acid groups (broad SMARTS) is 1. The van der Waals surface area contributed by atoms with Crippen molar-refractivity contribution in [1.82, 2.24) is 9.55 Å². The predicted molar refractivity (Wildman–Crippen MR) is 113 cm³/mol. The molecule has 2 rings (SSSR count). The van der Waals surface area contributed by atoms with E-state index in [2.05, 4.69) is 17.5 Å². The number of H-pyrrole nitrogens is 1. The Morgan fingerprint density at radius 3 is 2.11 bits per heavy atom. The van der Waals surface area contributed by atoms with Crippen LogP contribution in [0.2, 0.25) is 0 Å². The molecule has 21 nitrogen and oxygen atoms in total. The number of rotatable bonds is 13. The van der Waals surface area contributed by atoms with Gasteiger partial charge in [-0.3, -0.25) is 28.2 Å². The summed E-state index contributed by atoms with van der Waals surface area (Å²) in [5.74, 6) is -1.60. The summed E-state index contributed by atoms with van der Waals surface area (Å²) in [4.78, 5) is 73.0. The quantitative estimate of drug-likeness (QED) is 0.113. The molecule has 37 heavy (non-hydrogen) atoms. The van der Waals surface area contributed by atoms with E-state index in [4.69, 9.17) is 9.84 Å². The second-order valence-electron chi connectivity index (χ2n) is 7.01. The van der Waals surface area contributed by atoms with Crippen molar-refractivity contribution in [3.63, 3.8) is 0 Å². The van der Waals surface area contributed by atoms with Crippen molar-refractivity contribution in [1.29, 1.82) is 0 Å². The molecule has 5 unspecified atom stereocenters. The standard InChI is InChI=1S/C12H20N2O19P4/c15-7-1-3-14(12(20)13-7)11-10(19)9(18)6(30-11)5-29-35(23,24)32-37(27,28)33-36(25,26)31-34(21,22)4-2-8(16)17/h1,3,6,9-11,18-19H,2,4-5H2,(H,16,17)(H,21,22)(H,23,24)(H,25,26)(H,27,28)(H,13,15,20)/t6-,9?,10+,11-/m1/s1. The molecule has 0 radical (unpaired) electrons. The number of aliphatic hydroxyl groups is 2. The molecule has 0 spiro atoms. The Labute approximate surface area is 204 Å². The van der Waals surface area contributed by atoms with E-state index >= 15 is 0 Å². The Morgan fingerprint density at radius 2 is 1.54 bits per heavy atom. The summed E-state index contributed by atoms with van der Waals surface area (Å²) in [5, 5.41) is 28.6. The fourth-order valence-corrected chi connectivity index (χ4v) is 8.12. The van der Waals surface area contributed by atoms with Crippen LogP contribution in [-0.2, 0) is 45.2 Å². The van der Waals surface area contributed by atoms with E-state index in [9.17, 15) is 62.4 Å². The van der Waals surface area contributed by atoms with Crippen LogP contribution < -0.4 is 11.2 Å². The molecule has 0 bridgehead atoms. The van der Waals surface area contributed by atoms with E-state index < -0.39 is 92.0 Å². The molecule has 1 aliphatic rings. The number of hydrogen-bond acceptors (Lipinski definition) is 14. The van der Waals surface area contributed by atoms with Gasteiger partial charge in [-0.15, -0.1) is 0 Å². The Balaban J connectivity index is 2.01. The first kappa shape index (κ1) is 31.8. The Bertz CT molecular complexity index is 1310. The number of phosphoric ester groups is 1. The first-order valence-corrected chi connectivity index (χ1v) is 15.6. The molecule has 1 aromatic heterocycles. The summed E-state index contributed by atoms with van der Waals surface area (Å²) in [6.07, 6.45) is -8.33. The molecule has 25 heteroatoms. The number of carboxylic acids is 1. The molecule has 8 N–H and O–H groups in total. The fraction of sp³-hybridized carbons (Fsp3) is 0.583. The highest BCUT2D eigenvalue weighted by molar-refractivity contribution is 7.70. The van der Waals surface area contributed by atoms with Crippen LogP contribution in [-0.4, -0.2) is 81.5 Å². The van der Waals surface area contributed by atoms with Gasteiger partial charge < -0.3 is 39.6 Å². The molecule has 1 fully saturated rings. The minimum atomic E-state index is -6.08. The lowest BCUT2D eigenvalue weighted by molar-refractivity contribution is -0.136. The number of aliphatic carboxylic acids is 1. The van der Waals surface area contributed by atoms with Crippen molar-refractivity contribution in [3.8, 4) is 0 Å². The summed E-state index contributed by atoms with van der Waals surface area (Å²) in [6.45, 7) is -1.16. The number of nitrogens with zero attached hydrogens (tertiary/aromatic N) is 1. The monoisotopic (exact) mass is 620 g/mol. The van der Waals surface area contributed by atoms with Gasteiger partial charge in [0, 0.05) is 12.3 Å². The molecular weight excluding hydrogens is 600 g/mol. The van der Waals surface area contributed by atoms with Gasteiger partial charge in [-0.25, -0.2) is 22.8 Å². The number of carbonyl (C=O) groups is 1. The number of aromatic nitrogens is 2. The second-order valence-corrected chi connectivity index (χ2v) is 13.8. The van der Waals surface area contributed by atoms with Gasteiger partial charge in [0.05, 0.1) is 19.2 Å². The lowest BCUT2D eigenvalue weighted by Gasteiger charge is -2.21. The van der Waals surface area contributed by atoms with Crippen LogP contribution in [0.4, 0.5) is 0 Å². The van der Waals surface area contributed by atoms with E-state index in [0.29, 0.717) is 4.57 Å². The maximum atomic E-state index is 12.0. The second kappa shape index (κ2) is 11.8. The molecule has 1 aliphatic heterocycles. The molecular formula is C12H20N2O19P4. The predicted octanol–water partition coefficient (Wildman–Crippen LogP) is -1.82. The highest BCUT2D eigenvalue weighted by atomic mass is 31.3. The van der Waals surface area contributed by atoms with Gasteiger partial charge in [-0.05, 0) is 0 Å². The van der Waals surface area contributed by atoms with Crippen molar-refractivity contribution < 1.29 is 80.1 Å². The Hall–Kier alpha value is -1.37. The van der Waals surface area contributed by atoms with Crippen molar-refractivity contribution >= 4 is 37.0 Å². The Kier molecular flexibility index (Phi) is 10.1. The molecule has 212 valence electrons. The average Bonchev–Trinajstić information content (AvgIpc) is 2.97. The van der Waals surface area contributed by atoms with E-state index in [-0.39, 0.29) is 0 Å². The zero-order chi connectivity index (χ0) is 28.4. The van der Waals surface area contributed by atoms with Crippen molar-refractivity contribution in [2.45, 2.75) is 31.0 Å². The van der Waals surface area contributed by atoms with E-state index in [1.165, 1.54) is 0 Å². The SMILES string of the molecule is O=C(O)CCP(=O)(O)OP(=O)(O)OP(=O)(O)OP(=O)(O)OC[C@H]1O[C@@H](n2ccc(=O)[nH]c2=O)[C@@H](O)C1O. The highest BCUT2D eigenvalue weighted by Crippen LogP contribution is 2.71. The van der Waals surface area contributed by atoms with E-state index in [1.54, 1.807) is 0 Å². The first-order chi connectivity index (χ1) is 16.7. The minimum absolute atomic E-state index is 0.662. The number of hydrogen-bond donors (Lipinski definition) is 8. The lowest BCUT2D eigenvalue weighted by atomic mass is 10.1. The molecule has 8 atom stereocenters. The van der Waals surface area contributed by atoms with Gasteiger partial charge >= 0.3 is 42.7 Å². The molecule has 0 aliphatic carbocycles. The Morgan fingerprint density at radius 1 is 0.973 bits per heavy atom. The summed E-state index contributed by atoms with van der Waals surface area (Å²) < 4.78 is 68.4. The zero-order valence-electron chi connectivity index (χ0n) is 17.9. The summed E-state index contributed by atoms with van der Waals surface area (Å²) in [6, 6.07) is 0.883. The largest absolute Gasteiger partial charge is 0.490 e. The molecule has 1 saturated heterocycles. The van der Waals surface area contributed by atoms with Gasteiger partial charge in [0.15, 0.2) is 6.23 Å². The summed E-state index contributed by atoms with van der Waals surface area (Å²) in [7, 11) is -22.9. The van der Waals surface area contributed by atoms with Crippen LogP contribution in [0.25, 0.3) is 0 Å². The number of aliphatic hydroxyl groups excluding tert-OH is 2. The summed E-state index contributed by atoms with van der Waals surface area (Å²) >= 11 is 0. The maximum Gasteiger partial charge on any atom is 0.490 e. The van der Waals surface area contributed by atoms with E-state index in [1.807, 2.05) is 4.98 Å². The molecule has 2 heterocycles. The fourth-order valence-electron chi connectivity index (χ4n) is 2.65. The van der Waals surface area contributed by atoms with Crippen LogP contribution in [0.1, 0.15) is 12.6 Å². The van der Waals surface area contributed by atoms with Gasteiger partial charge in [0.25, 0.3) is 5.56 Å². The van der Waals surface area contributed by atoms with Gasteiger partial charge in [0.1, 0.15) is 18.3 Å². The van der Waals surface area contributed by atoms with Gasteiger partial charge in [-0.1, -0.05) is 0 Å². The third kappa shape index (κ3) is 9.71. The molecule has 1 aromatic rings. The molecule has 0 saturated carbocycles. The summed E-state index contributed by atoms with van der Waals surface area (Å²) in [5.41, 5.74) is -1.84. The normalized spacial score (nSPS) is 28.5. The smallest absolute Gasteiger partial charge is 0.481 e. The van der Waals surface area contributed by atoms with E-state index in [0.717, 1.165) is 12.3 Å². The van der Waals surface area contributed by atoms with Crippen molar-refractivity contribution in [3.05, 3.63) is 33.1 Å². The number of phosphoric acid groups is 3. The lowest BCUT2D eigenvalue weighted by Crippen LogP contribution is -2.37. The third-order valence-electron chi connectivity index (χ3n) is 4.12. The number of ether oxygens (including phenoxy) is 1. The van der Waals surface area contributed by atoms with Crippen LogP contribution in [0.5, 0.6) is 0 Å². The third-order valence-corrected chi connectivity index (χ3v) is 10.5. The van der Waals surface area contributed by atoms with Crippen molar-refractivity contribution in [2.24, 2.45) is 0 Å². The first-order valence-electron chi connectivity index (χ1n) is 9.36. The van der Waals surface area contributed by atoms with Gasteiger partial charge in [-0.2, -0.15) is 8.62 Å². The van der Waals surface area contributed by atoms with Crippen molar-refractivity contribution in [2.75, 3.05) is 12.8 Å². The average molecular weight is 620 g/mol. The topological polar surface area (TPSA) is 328 Å². The van der Waals surface area contributed by atoms with Crippen LogP contribution in [0, 0.1) is 0 Å². The van der Waals surface area contributed by atoms with Gasteiger partial charge in [0.2, 0.25) is 0 Å². The van der Waals surface area contributed by atoms with Crippen LogP contribution in [0.15, 0.2) is 21.9 Å². The molecule has 0 aromatic carbocycles.